The first kappa shape index (κ1) is 13.5. The van der Waals surface area contributed by atoms with E-state index in [0.29, 0.717) is 17.6 Å². The maximum Gasteiger partial charge on any atom is 0.166 e. The number of allylic oxidation sites excluding steroid dienone is 1. The van der Waals surface area contributed by atoms with Gasteiger partial charge in [0.2, 0.25) is 0 Å². The molecule has 16 heavy (non-hydrogen) atoms. The Labute approximate surface area is 103 Å². The molecular formula is C12H22N2OS. The van der Waals surface area contributed by atoms with Crippen LogP contribution in [0.1, 0.15) is 32.6 Å². The summed E-state index contributed by atoms with van der Waals surface area (Å²) in [4.78, 5) is 0. The number of nitrogens with one attached hydrogen (secondary N) is 2. The Morgan fingerprint density at radius 2 is 2.38 bits per heavy atom. The number of hydrogen-bond acceptors (Lipinski definition) is 2. The molecule has 3 N–H and O–H groups in total. The van der Waals surface area contributed by atoms with E-state index < -0.39 is 0 Å². The summed E-state index contributed by atoms with van der Waals surface area (Å²) in [7, 11) is 0. The summed E-state index contributed by atoms with van der Waals surface area (Å²) < 4.78 is 0. The molecule has 0 aromatic rings. The van der Waals surface area contributed by atoms with Crippen LogP contribution in [0.25, 0.3) is 0 Å². The first-order chi connectivity index (χ1) is 7.76. The van der Waals surface area contributed by atoms with Gasteiger partial charge in [-0.1, -0.05) is 18.6 Å². The number of rotatable bonds is 5. The molecule has 0 aromatic heterocycles. The summed E-state index contributed by atoms with van der Waals surface area (Å²) in [5.74, 6) is 0.609. The van der Waals surface area contributed by atoms with Crippen molar-refractivity contribution in [2.45, 2.75) is 32.6 Å². The molecule has 0 saturated heterocycles. The highest BCUT2D eigenvalue weighted by Crippen LogP contribution is 2.24. The summed E-state index contributed by atoms with van der Waals surface area (Å²) in [6.07, 6.45) is 7.37. The van der Waals surface area contributed by atoms with Gasteiger partial charge in [-0.3, -0.25) is 0 Å². The first-order valence-corrected chi connectivity index (χ1v) is 6.49. The van der Waals surface area contributed by atoms with E-state index in [2.05, 4.69) is 23.6 Å². The smallest absolute Gasteiger partial charge is 0.166 e. The number of thiocarbonyl (C=S) groups is 1. The first-order valence-electron chi connectivity index (χ1n) is 6.08. The van der Waals surface area contributed by atoms with E-state index in [1.807, 2.05) is 0 Å². The second kappa shape index (κ2) is 7.63. The van der Waals surface area contributed by atoms with Crippen molar-refractivity contribution in [3.05, 3.63) is 11.6 Å². The molecule has 1 unspecified atom stereocenters. The van der Waals surface area contributed by atoms with Crippen LogP contribution >= 0.6 is 12.2 Å². The number of aliphatic hydroxyl groups is 1. The van der Waals surface area contributed by atoms with Crippen LogP contribution in [0.3, 0.4) is 0 Å². The van der Waals surface area contributed by atoms with Crippen molar-refractivity contribution in [1.82, 2.24) is 10.6 Å². The van der Waals surface area contributed by atoms with Gasteiger partial charge in [0.25, 0.3) is 0 Å². The van der Waals surface area contributed by atoms with Gasteiger partial charge in [0.1, 0.15) is 0 Å². The highest BCUT2D eigenvalue weighted by atomic mass is 32.1. The summed E-state index contributed by atoms with van der Waals surface area (Å²) in [6, 6.07) is 0. The van der Waals surface area contributed by atoms with E-state index in [1.54, 1.807) is 5.57 Å². The summed E-state index contributed by atoms with van der Waals surface area (Å²) in [5, 5.41) is 15.4. The predicted molar refractivity (Wildman–Crippen MR) is 71.4 cm³/mol. The van der Waals surface area contributed by atoms with Gasteiger partial charge in [0, 0.05) is 13.1 Å². The average molecular weight is 242 g/mol. The minimum Gasteiger partial charge on any atom is -0.395 e. The van der Waals surface area contributed by atoms with Crippen molar-refractivity contribution in [2.75, 3.05) is 19.7 Å². The molecule has 0 fully saturated rings. The minimum absolute atomic E-state index is 0.116. The number of aliphatic hydroxyl groups excluding tert-OH is 1. The fourth-order valence-corrected chi connectivity index (χ4v) is 2.19. The lowest BCUT2D eigenvalue weighted by molar-refractivity contribution is 0.300. The lowest BCUT2D eigenvalue weighted by Crippen LogP contribution is -2.39. The van der Waals surface area contributed by atoms with Crippen molar-refractivity contribution in [1.29, 1.82) is 0 Å². The molecule has 0 spiro atoms. The molecule has 1 aliphatic rings. The van der Waals surface area contributed by atoms with Crippen LogP contribution in [0.15, 0.2) is 11.6 Å². The largest absolute Gasteiger partial charge is 0.395 e. The van der Waals surface area contributed by atoms with Gasteiger partial charge in [-0.2, -0.15) is 0 Å². The van der Waals surface area contributed by atoms with Crippen molar-refractivity contribution >= 4 is 17.3 Å². The molecule has 0 heterocycles. The van der Waals surface area contributed by atoms with E-state index in [4.69, 9.17) is 17.3 Å². The Morgan fingerprint density at radius 3 is 3.06 bits per heavy atom. The van der Waals surface area contributed by atoms with Gasteiger partial charge in [0.05, 0.1) is 6.61 Å². The molecule has 1 rings (SSSR count). The minimum atomic E-state index is 0.116. The fraction of sp³-hybridized carbons (Fsp3) is 0.750. The van der Waals surface area contributed by atoms with Gasteiger partial charge in [-0.15, -0.1) is 0 Å². The highest BCUT2D eigenvalue weighted by molar-refractivity contribution is 7.80. The molecule has 1 aliphatic carbocycles. The third kappa shape index (κ3) is 4.94. The standard InChI is InChI=1S/C12H22N2OS/c1-2-10-4-3-5-11(8-10)9-14-12(16)13-6-7-15/h8,11,15H,2-7,9H2,1H3,(H2,13,14,16). The monoisotopic (exact) mass is 242 g/mol. The molecule has 4 heteroatoms. The van der Waals surface area contributed by atoms with Gasteiger partial charge < -0.3 is 15.7 Å². The van der Waals surface area contributed by atoms with Crippen LogP contribution in [-0.4, -0.2) is 29.9 Å². The lowest BCUT2D eigenvalue weighted by atomic mass is 9.89. The summed E-state index contributed by atoms with van der Waals surface area (Å²) >= 11 is 5.09. The van der Waals surface area contributed by atoms with E-state index in [1.165, 1.54) is 25.7 Å². The summed E-state index contributed by atoms with van der Waals surface area (Å²) in [6.45, 7) is 3.76. The van der Waals surface area contributed by atoms with Crippen LogP contribution < -0.4 is 10.6 Å². The molecule has 0 radical (unpaired) electrons. The maximum absolute atomic E-state index is 8.64. The normalized spacial score (nSPS) is 20.1. The van der Waals surface area contributed by atoms with E-state index >= 15 is 0 Å². The van der Waals surface area contributed by atoms with Gasteiger partial charge >= 0.3 is 0 Å². The zero-order valence-electron chi connectivity index (χ0n) is 9.96. The Bertz CT molecular complexity index is 253. The van der Waals surface area contributed by atoms with Gasteiger partial charge in [0.15, 0.2) is 5.11 Å². The molecule has 0 aliphatic heterocycles. The third-order valence-corrected chi connectivity index (χ3v) is 3.21. The van der Waals surface area contributed by atoms with Crippen LogP contribution in [-0.2, 0) is 0 Å². The van der Waals surface area contributed by atoms with Crippen molar-refractivity contribution in [2.24, 2.45) is 5.92 Å². The fourth-order valence-electron chi connectivity index (χ4n) is 2.00. The molecule has 92 valence electrons. The highest BCUT2D eigenvalue weighted by Gasteiger charge is 2.12. The average Bonchev–Trinajstić information content (AvgIpc) is 2.34. The molecule has 3 nitrogen and oxygen atoms in total. The van der Waals surface area contributed by atoms with Crippen LogP contribution in [0.5, 0.6) is 0 Å². The molecule has 0 saturated carbocycles. The lowest BCUT2D eigenvalue weighted by Gasteiger charge is -2.21. The van der Waals surface area contributed by atoms with Gasteiger partial charge in [-0.05, 0) is 43.8 Å². The molecule has 0 amide bonds. The zero-order valence-corrected chi connectivity index (χ0v) is 10.8. The quantitative estimate of drug-likeness (QED) is 0.506. The van der Waals surface area contributed by atoms with Gasteiger partial charge in [-0.25, -0.2) is 0 Å². The second-order valence-electron chi connectivity index (χ2n) is 4.19. The molecule has 1 atom stereocenters. The van der Waals surface area contributed by atoms with Crippen LogP contribution in [0, 0.1) is 5.92 Å². The Balaban J connectivity index is 2.24. The Morgan fingerprint density at radius 1 is 1.56 bits per heavy atom. The van der Waals surface area contributed by atoms with Crippen LogP contribution in [0.2, 0.25) is 0 Å². The molecular weight excluding hydrogens is 220 g/mol. The van der Waals surface area contributed by atoms with Crippen molar-refractivity contribution in [3.63, 3.8) is 0 Å². The van der Waals surface area contributed by atoms with E-state index in [9.17, 15) is 0 Å². The van der Waals surface area contributed by atoms with E-state index in [-0.39, 0.29) is 6.61 Å². The topological polar surface area (TPSA) is 44.3 Å². The van der Waals surface area contributed by atoms with Crippen LogP contribution in [0.4, 0.5) is 0 Å². The molecule has 0 bridgehead atoms. The Hall–Kier alpha value is -0.610. The number of hydrogen-bond donors (Lipinski definition) is 3. The zero-order chi connectivity index (χ0) is 11.8. The third-order valence-electron chi connectivity index (χ3n) is 2.92. The SMILES string of the molecule is CCC1=CC(CNC(=S)NCCO)CCC1. The maximum atomic E-state index is 8.64. The van der Waals surface area contributed by atoms with Crippen molar-refractivity contribution in [3.8, 4) is 0 Å². The second-order valence-corrected chi connectivity index (χ2v) is 4.60. The summed E-state index contributed by atoms with van der Waals surface area (Å²) in [5.41, 5.74) is 1.58. The molecule has 0 aromatic carbocycles. The predicted octanol–water partition coefficient (Wildman–Crippen LogP) is 1.58. The van der Waals surface area contributed by atoms with E-state index in [0.717, 1.165) is 6.54 Å². The van der Waals surface area contributed by atoms with Crippen molar-refractivity contribution < 1.29 is 5.11 Å². The Kier molecular flexibility index (Phi) is 6.42.